The van der Waals surface area contributed by atoms with Gasteiger partial charge in [-0.25, -0.2) is 9.18 Å². The molecule has 0 aliphatic heterocycles. The number of rotatable bonds is 2. The van der Waals surface area contributed by atoms with E-state index < -0.39 is 12.6 Å². The van der Waals surface area contributed by atoms with Crippen LogP contribution >= 0.6 is 17.0 Å². The highest BCUT2D eigenvalue weighted by atomic mass is 79.9. The maximum absolute atomic E-state index is 11.1. The molecule has 0 amide bonds. The summed E-state index contributed by atoms with van der Waals surface area (Å²) >= 11 is 0. The van der Waals surface area contributed by atoms with Gasteiger partial charge in [0.2, 0.25) is 0 Å². The topological polar surface area (TPSA) is 26.3 Å². The first-order chi connectivity index (χ1) is 3.31. The average molecular weight is 187 g/mol. The molecule has 0 spiro atoms. The number of carbonyl (C=O) groups is 1. The van der Waals surface area contributed by atoms with E-state index >= 15 is 0 Å². The maximum Gasteiger partial charge on any atom is 0.337 e. The molecule has 0 N–H and O–H groups in total. The van der Waals surface area contributed by atoms with Crippen molar-refractivity contribution in [2.75, 3.05) is 13.3 Å². The fourth-order valence-electron chi connectivity index (χ4n) is 0.200. The Hall–Kier alpha value is -0.120. The summed E-state index contributed by atoms with van der Waals surface area (Å²) < 4.78 is 15.3. The minimum atomic E-state index is -1.02. The molecule has 50 valence electrons. The fourth-order valence-corrected chi connectivity index (χ4v) is 0.200. The van der Waals surface area contributed by atoms with Crippen LogP contribution in [0.3, 0.4) is 0 Å². The third kappa shape index (κ3) is 5.88. The highest BCUT2D eigenvalue weighted by Gasteiger charge is 1.94. The summed E-state index contributed by atoms with van der Waals surface area (Å²) in [7, 11) is 0. The quantitative estimate of drug-likeness (QED) is 0.605. The molecular formula is C4H8BrFO2. The van der Waals surface area contributed by atoms with Crippen molar-refractivity contribution < 1.29 is 13.9 Å². The van der Waals surface area contributed by atoms with Gasteiger partial charge in [0, 0.05) is 0 Å². The van der Waals surface area contributed by atoms with Crippen molar-refractivity contribution in [2.45, 2.75) is 6.92 Å². The third-order valence-corrected chi connectivity index (χ3v) is 0.414. The van der Waals surface area contributed by atoms with E-state index in [-0.39, 0.29) is 23.6 Å². The lowest BCUT2D eigenvalue weighted by Crippen LogP contribution is -2.04. The van der Waals surface area contributed by atoms with Crippen LogP contribution in [0.15, 0.2) is 0 Å². The van der Waals surface area contributed by atoms with Gasteiger partial charge in [0.05, 0.1) is 6.61 Å². The molecule has 0 rings (SSSR count). The van der Waals surface area contributed by atoms with Crippen molar-refractivity contribution in [2.24, 2.45) is 0 Å². The molecule has 0 aromatic heterocycles. The molecule has 0 saturated carbocycles. The highest BCUT2D eigenvalue weighted by molar-refractivity contribution is 8.93. The normalized spacial score (nSPS) is 7.25. The summed E-state index contributed by atoms with van der Waals surface area (Å²) in [6.45, 7) is 0.865. The van der Waals surface area contributed by atoms with Gasteiger partial charge in [-0.3, -0.25) is 0 Å². The Bertz CT molecular complexity index is 67.1. The van der Waals surface area contributed by atoms with E-state index in [1.54, 1.807) is 6.92 Å². The molecule has 0 atom stereocenters. The Morgan fingerprint density at radius 1 is 1.75 bits per heavy atom. The minimum Gasteiger partial charge on any atom is -0.464 e. The summed E-state index contributed by atoms with van der Waals surface area (Å²) in [6.07, 6.45) is 0. The van der Waals surface area contributed by atoms with Crippen LogP contribution in [0.25, 0.3) is 0 Å². The number of alkyl halides is 1. The molecule has 0 heterocycles. The summed E-state index contributed by atoms with van der Waals surface area (Å²) in [5, 5.41) is 0. The van der Waals surface area contributed by atoms with Crippen molar-refractivity contribution in [1.82, 2.24) is 0 Å². The van der Waals surface area contributed by atoms with Crippen LogP contribution in [-0.4, -0.2) is 19.3 Å². The van der Waals surface area contributed by atoms with Crippen LogP contribution in [0.1, 0.15) is 6.92 Å². The lowest BCUT2D eigenvalue weighted by Gasteiger charge is -1.92. The molecule has 0 aromatic rings. The number of halogens is 2. The van der Waals surface area contributed by atoms with Gasteiger partial charge in [0.15, 0.2) is 6.67 Å². The molecule has 0 saturated heterocycles. The number of ether oxygens (including phenoxy) is 1. The first-order valence-electron chi connectivity index (χ1n) is 2.02. The van der Waals surface area contributed by atoms with E-state index in [0.717, 1.165) is 0 Å². The summed E-state index contributed by atoms with van der Waals surface area (Å²) in [5.41, 5.74) is 0. The van der Waals surface area contributed by atoms with E-state index in [2.05, 4.69) is 4.74 Å². The van der Waals surface area contributed by atoms with Crippen molar-refractivity contribution in [3.8, 4) is 0 Å². The molecule has 0 fully saturated rings. The maximum atomic E-state index is 11.1. The van der Waals surface area contributed by atoms with E-state index in [4.69, 9.17) is 0 Å². The molecule has 0 aliphatic rings. The Kier molecular flexibility index (Phi) is 9.28. The van der Waals surface area contributed by atoms with Crippen molar-refractivity contribution in [3.63, 3.8) is 0 Å². The number of esters is 1. The number of carbonyl (C=O) groups excluding carboxylic acids is 1. The van der Waals surface area contributed by atoms with Crippen LogP contribution in [-0.2, 0) is 9.53 Å². The largest absolute Gasteiger partial charge is 0.464 e. The second-order valence-electron chi connectivity index (χ2n) is 0.939. The van der Waals surface area contributed by atoms with Gasteiger partial charge < -0.3 is 4.74 Å². The molecule has 0 bridgehead atoms. The van der Waals surface area contributed by atoms with E-state index in [0.29, 0.717) is 0 Å². The van der Waals surface area contributed by atoms with Gasteiger partial charge >= 0.3 is 5.97 Å². The Labute approximate surface area is 57.8 Å². The number of hydrogen-bond donors (Lipinski definition) is 0. The highest BCUT2D eigenvalue weighted by Crippen LogP contribution is 1.75. The molecule has 8 heavy (non-hydrogen) atoms. The zero-order valence-corrected chi connectivity index (χ0v) is 6.23. The van der Waals surface area contributed by atoms with E-state index in [1.807, 2.05) is 0 Å². The molecule has 0 radical (unpaired) electrons. The first-order valence-corrected chi connectivity index (χ1v) is 2.02. The second-order valence-corrected chi connectivity index (χ2v) is 0.939. The lowest BCUT2D eigenvalue weighted by atomic mass is 10.7. The zero-order chi connectivity index (χ0) is 5.70. The van der Waals surface area contributed by atoms with Crippen molar-refractivity contribution in [1.29, 1.82) is 0 Å². The van der Waals surface area contributed by atoms with Crippen molar-refractivity contribution >= 4 is 23.0 Å². The predicted octanol–water partition coefficient (Wildman–Crippen LogP) is 1.10. The third-order valence-electron chi connectivity index (χ3n) is 0.414. The van der Waals surface area contributed by atoms with Gasteiger partial charge in [-0.2, -0.15) is 0 Å². The monoisotopic (exact) mass is 186 g/mol. The molecular weight excluding hydrogens is 179 g/mol. The van der Waals surface area contributed by atoms with Crippen LogP contribution in [0.2, 0.25) is 0 Å². The van der Waals surface area contributed by atoms with Gasteiger partial charge in [0.25, 0.3) is 0 Å². The van der Waals surface area contributed by atoms with Crippen LogP contribution in [0, 0.1) is 0 Å². The summed E-state index contributed by atoms with van der Waals surface area (Å²) in [5.74, 6) is -0.789. The Morgan fingerprint density at radius 3 is 2.38 bits per heavy atom. The van der Waals surface area contributed by atoms with Gasteiger partial charge in [-0.05, 0) is 6.92 Å². The number of hydrogen-bond acceptors (Lipinski definition) is 2. The van der Waals surface area contributed by atoms with Crippen LogP contribution in [0.5, 0.6) is 0 Å². The zero-order valence-electron chi connectivity index (χ0n) is 4.52. The van der Waals surface area contributed by atoms with E-state index in [9.17, 15) is 9.18 Å². The van der Waals surface area contributed by atoms with Crippen molar-refractivity contribution in [3.05, 3.63) is 0 Å². The van der Waals surface area contributed by atoms with Crippen LogP contribution < -0.4 is 0 Å². The predicted molar refractivity (Wildman–Crippen MR) is 32.9 cm³/mol. The van der Waals surface area contributed by atoms with Gasteiger partial charge in [-0.1, -0.05) is 0 Å². The average Bonchev–Trinajstić information content (AvgIpc) is 1.68. The molecule has 2 nitrogen and oxygen atoms in total. The Balaban J connectivity index is 0. The standard InChI is InChI=1S/C4H7FO2.BrH/c1-2-7-4(6)3-5;/h2-3H2,1H3;1H. The lowest BCUT2D eigenvalue weighted by molar-refractivity contribution is -0.144. The van der Waals surface area contributed by atoms with Gasteiger partial charge in [-0.15, -0.1) is 17.0 Å². The molecule has 0 aliphatic carbocycles. The fraction of sp³-hybridized carbons (Fsp3) is 0.750. The second kappa shape index (κ2) is 6.88. The SMILES string of the molecule is Br.CCOC(=O)CF. The van der Waals surface area contributed by atoms with Crippen LogP contribution in [0.4, 0.5) is 4.39 Å². The summed E-state index contributed by atoms with van der Waals surface area (Å²) in [6, 6.07) is 0. The first kappa shape index (κ1) is 10.8. The molecule has 0 aromatic carbocycles. The smallest absolute Gasteiger partial charge is 0.337 e. The summed E-state index contributed by atoms with van der Waals surface area (Å²) in [4.78, 5) is 9.81. The Morgan fingerprint density at radius 2 is 2.25 bits per heavy atom. The minimum absolute atomic E-state index is 0. The molecule has 0 unspecified atom stereocenters. The van der Waals surface area contributed by atoms with E-state index in [1.165, 1.54) is 0 Å². The van der Waals surface area contributed by atoms with Gasteiger partial charge in [0.1, 0.15) is 0 Å². The molecule has 4 heteroatoms.